The highest BCUT2D eigenvalue weighted by atomic mass is 16.5. The lowest BCUT2D eigenvalue weighted by Gasteiger charge is -2.43. The van der Waals surface area contributed by atoms with Crippen LogP contribution in [0.25, 0.3) is 11.3 Å². The number of aromatic nitrogens is 2. The van der Waals surface area contributed by atoms with Crippen LogP contribution in [0.4, 0.5) is 5.82 Å². The summed E-state index contributed by atoms with van der Waals surface area (Å²) in [5.74, 6) is 2.20. The van der Waals surface area contributed by atoms with Crippen LogP contribution in [0, 0.1) is 18.3 Å². The van der Waals surface area contributed by atoms with E-state index in [0.29, 0.717) is 17.7 Å². The molecule has 0 radical (unpaired) electrons. The molecule has 2 aromatic rings. The number of benzene rings is 1. The van der Waals surface area contributed by atoms with Crippen LogP contribution in [0.5, 0.6) is 5.75 Å². The highest BCUT2D eigenvalue weighted by molar-refractivity contribution is 5.65. The van der Waals surface area contributed by atoms with Gasteiger partial charge in [-0.15, -0.1) is 0 Å². The van der Waals surface area contributed by atoms with Crippen molar-refractivity contribution in [2.24, 2.45) is 17.1 Å². The fraction of sp³-hybridized carbons (Fsp3) is 0.565. The van der Waals surface area contributed by atoms with E-state index in [2.05, 4.69) is 11.8 Å². The highest BCUT2D eigenvalue weighted by Gasteiger charge is 2.46. The fourth-order valence-electron chi connectivity index (χ4n) is 5.16. The van der Waals surface area contributed by atoms with E-state index in [1.165, 1.54) is 12.8 Å². The largest absolute Gasteiger partial charge is 0.497 e. The number of ether oxygens (including phenoxy) is 1. The van der Waals surface area contributed by atoms with E-state index >= 15 is 0 Å². The van der Waals surface area contributed by atoms with Crippen molar-refractivity contribution in [3.63, 3.8) is 0 Å². The number of piperidine rings is 1. The average molecular weight is 397 g/mol. The van der Waals surface area contributed by atoms with Gasteiger partial charge in [-0.05, 0) is 56.1 Å². The molecule has 4 rings (SSSR count). The second-order valence-corrected chi connectivity index (χ2v) is 8.71. The summed E-state index contributed by atoms with van der Waals surface area (Å²) in [5.41, 5.74) is 10.1. The van der Waals surface area contributed by atoms with Crippen LogP contribution in [0.15, 0.2) is 24.3 Å². The summed E-state index contributed by atoms with van der Waals surface area (Å²) >= 11 is 0. The van der Waals surface area contributed by atoms with Gasteiger partial charge in [-0.3, -0.25) is 0 Å². The molecule has 3 N–H and O–H groups in total. The molecule has 2 heterocycles. The zero-order valence-corrected chi connectivity index (χ0v) is 17.7. The van der Waals surface area contributed by atoms with Crippen LogP contribution < -0.4 is 15.4 Å². The topological polar surface area (TPSA) is 84.5 Å². The Morgan fingerprint density at radius 3 is 2.62 bits per heavy atom. The summed E-state index contributed by atoms with van der Waals surface area (Å²) in [6, 6.07) is 8.09. The smallest absolute Gasteiger partial charge is 0.153 e. The molecule has 1 saturated heterocycles. The van der Waals surface area contributed by atoms with E-state index < -0.39 is 0 Å². The van der Waals surface area contributed by atoms with Crippen LogP contribution in [-0.2, 0) is 6.61 Å². The van der Waals surface area contributed by atoms with Gasteiger partial charge < -0.3 is 20.5 Å². The number of anilines is 1. The van der Waals surface area contributed by atoms with E-state index in [4.69, 9.17) is 20.4 Å². The Morgan fingerprint density at radius 1 is 1.24 bits per heavy atom. The molecule has 1 aromatic heterocycles. The first-order valence-electron chi connectivity index (χ1n) is 10.6. The summed E-state index contributed by atoms with van der Waals surface area (Å²) in [7, 11) is 1.65. The minimum absolute atomic E-state index is 0.127. The Balaban J connectivity index is 1.60. The molecule has 29 heavy (non-hydrogen) atoms. The van der Waals surface area contributed by atoms with E-state index in [0.717, 1.165) is 54.4 Å². The Morgan fingerprint density at radius 2 is 2.00 bits per heavy atom. The number of methoxy groups -OCH3 is 1. The predicted octanol–water partition coefficient (Wildman–Crippen LogP) is 3.30. The quantitative estimate of drug-likeness (QED) is 0.825. The molecule has 1 aliphatic heterocycles. The number of nitrogens with two attached hydrogens (primary N) is 1. The molecule has 1 aromatic carbocycles. The number of aryl methyl sites for hydroxylation is 1. The van der Waals surface area contributed by atoms with Crippen molar-refractivity contribution >= 4 is 5.82 Å². The second kappa shape index (κ2) is 7.92. The van der Waals surface area contributed by atoms with Crippen LogP contribution in [0.2, 0.25) is 0 Å². The van der Waals surface area contributed by atoms with Crippen molar-refractivity contribution in [2.75, 3.05) is 25.1 Å². The van der Waals surface area contributed by atoms with Gasteiger partial charge in [-0.25, -0.2) is 9.97 Å². The molecule has 1 aliphatic carbocycles. The van der Waals surface area contributed by atoms with Gasteiger partial charge in [0.25, 0.3) is 0 Å². The predicted molar refractivity (Wildman–Crippen MR) is 115 cm³/mol. The highest BCUT2D eigenvalue weighted by Crippen LogP contribution is 2.48. The third-order valence-corrected chi connectivity index (χ3v) is 7.09. The van der Waals surface area contributed by atoms with Crippen molar-refractivity contribution in [3.8, 4) is 17.0 Å². The van der Waals surface area contributed by atoms with Crippen LogP contribution in [-0.4, -0.2) is 41.3 Å². The minimum Gasteiger partial charge on any atom is -0.497 e. The van der Waals surface area contributed by atoms with Gasteiger partial charge in [0.15, 0.2) is 5.82 Å². The molecule has 6 nitrogen and oxygen atoms in total. The lowest BCUT2D eigenvalue weighted by molar-refractivity contribution is 0.185. The molecule has 1 spiro atoms. The van der Waals surface area contributed by atoms with Gasteiger partial charge in [-0.2, -0.15) is 0 Å². The number of aliphatic hydroxyl groups excluding tert-OH is 1. The Labute approximate surface area is 173 Å². The van der Waals surface area contributed by atoms with Gasteiger partial charge in [0.2, 0.25) is 0 Å². The Kier molecular flexibility index (Phi) is 5.49. The van der Waals surface area contributed by atoms with Crippen LogP contribution in [0.3, 0.4) is 0 Å². The average Bonchev–Trinajstić information content (AvgIpc) is 3.02. The molecule has 0 amide bonds. The summed E-state index contributed by atoms with van der Waals surface area (Å²) < 4.78 is 5.34. The standard InChI is InChI=1S/C23H32N4O2/c1-15-7-8-23(21(15)24)9-11-27(12-10-23)22-19(14-28)26-20(16(2)25-22)17-5-4-6-18(13-17)29-3/h4-6,13,15,21,28H,7-12,14,24H2,1-3H3/t15-,21-/m1/s1. The normalized spacial score (nSPS) is 23.6. The zero-order valence-electron chi connectivity index (χ0n) is 17.7. The van der Waals surface area contributed by atoms with Crippen LogP contribution >= 0.6 is 0 Å². The van der Waals surface area contributed by atoms with E-state index in [9.17, 15) is 5.11 Å². The van der Waals surface area contributed by atoms with E-state index in [1.807, 2.05) is 31.2 Å². The van der Waals surface area contributed by atoms with Gasteiger partial charge >= 0.3 is 0 Å². The first-order chi connectivity index (χ1) is 14.0. The van der Waals surface area contributed by atoms with Crippen molar-refractivity contribution in [2.45, 2.75) is 52.2 Å². The molecular formula is C23H32N4O2. The van der Waals surface area contributed by atoms with Gasteiger partial charge in [0, 0.05) is 24.7 Å². The van der Waals surface area contributed by atoms with Crippen molar-refractivity contribution in [3.05, 3.63) is 35.7 Å². The SMILES string of the molecule is COc1cccc(-c2nc(CO)c(N3CCC4(CC[C@@H](C)[C@H]4N)CC3)nc2C)c1. The maximum atomic E-state index is 10.0. The summed E-state index contributed by atoms with van der Waals surface area (Å²) in [4.78, 5) is 12.0. The third-order valence-electron chi connectivity index (χ3n) is 7.09. The third kappa shape index (κ3) is 3.60. The fourth-order valence-corrected chi connectivity index (χ4v) is 5.16. The molecule has 0 bridgehead atoms. The maximum Gasteiger partial charge on any atom is 0.153 e. The number of nitrogens with zero attached hydrogens (tertiary/aromatic N) is 3. The molecule has 156 valence electrons. The lowest BCUT2D eigenvalue weighted by atomic mass is 9.73. The van der Waals surface area contributed by atoms with Gasteiger partial charge in [0.1, 0.15) is 11.4 Å². The van der Waals surface area contributed by atoms with Crippen molar-refractivity contribution in [1.29, 1.82) is 0 Å². The summed E-state index contributed by atoms with van der Waals surface area (Å²) in [5, 5.41) is 10.0. The molecule has 6 heteroatoms. The molecule has 0 unspecified atom stereocenters. The molecule has 2 fully saturated rings. The van der Waals surface area contributed by atoms with Gasteiger partial charge in [0.05, 0.1) is 25.1 Å². The maximum absolute atomic E-state index is 10.0. The van der Waals surface area contributed by atoms with E-state index in [-0.39, 0.29) is 12.0 Å². The van der Waals surface area contributed by atoms with E-state index in [1.54, 1.807) is 7.11 Å². The number of rotatable bonds is 4. The first kappa shape index (κ1) is 20.1. The first-order valence-corrected chi connectivity index (χ1v) is 10.6. The molecule has 2 aliphatic rings. The second-order valence-electron chi connectivity index (χ2n) is 8.71. The molecule has 2 atom stereocenters. The summed E-state index contributed by atoms with van der Waals surface area (Å²) in [6.45, 7) is 5.96. The molecule has 1 saturated carbocycles. The van der Waals surface area contributed by atoms with Crippen LogP contribution in [0.1, 0.15) is 44.0 Å². The Hall–Kier alpha value is -2.18. The monoisotopic (exact) mass is 396 g/mol. The molecular weight excluding hydrogens is 364 g/mol. The number of hydrogen-bond acceptors (Lipinski definition) is 6. The summed E-state index contributed by atoms with van der Waals surface area (Å²) in [6.07, 6.45) is 4.64. The number of hydrogen-bond donors (Lipinski definition) is 2. The van der Waals surface area contributed by atoms with Crippen molar-refractivity contribution in [1.82, 2.24) is 9.97 Å². The zero-order chi connectivity index (χ0) is 20.6. The Bertz CT molecular complexity index is 877. The van der Waals surface area contributed by atoms with Gasteiger partial charge in [-0.1, -0.05) is 19.1 Å². The lowest BCUT2D eigenvalue weighted by Crippen LogP contribution is -2.48. The minimum atomic E-state index is -0.127. The number of aliphatic hydroxyl groups is 1. The van der Waals surface area contributed by atoms with Crippen molar-refractivity contribution < 1.29 is 9.84 Å².